The number of halogens is 2. The van der Waals surface area contributed by atoms with E-state index in [0.717, 1.165) is 9.26 Å². The smallest absolute Gasteiger partial charge is 0.216 e. The van der Waals surface area contributed by atoms with Crippen molar-refractivity contribution < 1.29 is 0 Å². The number of tetrazole rings is 1. The van der Waals surface area contributed by atoms with E-state index in [1.54, 1.807) is 6.07 Å². The predicted molar refractivity (Wildman–Crippen MR) is 75.6 cm³/mol. The minimum absolute atomic E-state index is 0.244. The quantitative estimate of drug-likeness (QED) is 0.638. The van der Waals surface area contributed by atoms with Crippen LogP contribution in [0.2, 0.25) is 5.02 Å². The largest absolute Gasteiger partial charge is 0.359 e. The molecule has 6 nitrogen and oxygen atoms in total. The Balaban J connectivity index is 2.22. The lowest BCUT2D eigenvalue weighted by molar-refractivity contribution is 0.881. The molecule has 18 heavy (non-hydrogen) atoms. The molecule has 90 valence electrons. The summed E-state index contributed by atoms with van der Waals surface area (Å²) in [5.41, 5.74) is 1.13. The Hall–Kier alpha value is -1.66. The Kier molecular flexibility index (Phi) is 4.11. The number of H-pyrrole nitrogens is 1. The van der Waals surface area contributed by atoms with Crippen LogP contribution in [0, 0.1) is 14.9 Å². The maximum absolute atomic E-state index is 8.99. The molecule has 0 spiro atoms. The lowest BCUT2D eigenvalue weighted by Gasteiger charge is -2.04. The van der Waals surface area contributed by atoms with Crippen LogP contribution >= 0.6 is 34.2 Å². The van der Waals surface area contributed by atoms with Gasteiger partial charge in [-0.15, -0.1) is 10.2 Å². The fraction of sp³-hybridized carbons (Fsp3) is 0. The Morgan fingerprint density at radius 3 is 3.00 bits per heavy atom. The van der Waals surface area contributed by atoms with Crippen molar-refractivity contribution in [1.29, 1.82) is 5.26 Å². The SMILES string of the molecule is N#CC(=CNc1ccc(Cl)cc1I)c1nn[nH]n1. The molecule has 0 fully saturated rings. The molecule has 2 N–H and O–H groups in total. The van der Waals surface area contributed by atoms with Crippen molar-refractivity contribution in [2.24, 2.45) is 0 Å². The zero-order valence-electron chi connectivity index (χ0n) is 8.85. The predicted octanol–water partition coefficient (Wildman–Crippen LogP) is 2.43. The van der Waals surface area contributed by atoms with Crippen LogP contribution in [0.4, 0.5) is 5.69 Å². The van der Waals surface area contributed by atoms with E-state index in [1.807, 2.05) is 18.2 Å². The summed E-state index contributed by atoms with van der Waals surface area (Å²) in [6.45, 7) is 0. The first-order valence-electron chi connectivity index (χ1n) is 4.76. The summed E-state index contributed by atoms with van der Waals surface area (Å²) in [4.78, 5) is 0. The van der Waals surface area contributed by atoms with Crippen LogP contribution in [-0.4, -0.2) is 20.6 Å². The Morgan fingerprint density at radius 2 is 2.39 bits per heavy atom. The summed E-state index contributed by atoms with van der Waals surface area (Å²) in [6.07, 6.45) is 1.52. The highest BCUT2D eigenvalue weighted by Gasteiger charge is 2.06. The first-order valence-corrected chi connectivity index (χ1v) is 6.22. The lowest BCUT2D eigenvalue weighted by Crippen LogP contribution is -1.94. The number of aromatic nitrogens is 4. The van der Waals surface area contributed by atoms with E-state index in [2.05, 4.69) is 48.5 Å². The summed E-state index contributed by atoms with van der Waals surface area (Å²) >= 11 is 8.00. The van der Waals surface area contributed by atoms with Gasteiger partial charge in [-0.2, -0.15) is 10.5 Å². The molecule has 1 aromatic carbocycles. The number of nitrogens with zero attached hydrogens (tertiary/aromatic N) is 4. The summed E-state index contributed by atoms with van der Waals surface area (Å²) in [5.74, 6) is 0.244. The molecule has 0 saturated carbocycles. The highest BCUT2D eigenvalue weighted by atomic mass is 127. The number of aromatic amines is 1. The van der Waals surface area contributed by atoms with E-state index in [4.69, 9.17) is 16.9 Å². The van der Waals surface area contributed by atoms with Gasteiger partial charge in [-0.05, 0) is 46.0 Å². The Bertz CT molecular complexity index is 616. The molecule has 0 aliphatic carbocycles. The first kappa shape index (κ1) is 12.8. The van der Waals surface area contributed by atoms with Gasteiger partial charge in [0.1, 0.15) is 11.6 Å². The number of anilines is 1. The highest BCUT2D eigenvalue weighted by molar-refractivity contribution is 14.1. The van der Waals surface area contributed by atoms with Crippen molar-refractivity contribution >= 4 is 45.5 Å². The maximum atomic E-state index is 8.99. The molecule has 0 atom stereocenters. The molecule has 0 radical (unpaired) electrons. The van der Waals surface area contributed by atoms with E-state index in [9.17, 15) is 0 Å². The zero-order chi connectivity index (χ0) is 13.0. The number of nitriles is 1. The molecule has 0 aliphatic rings. The van der Waals surface area contributed by atoms with Crippen molar-refractivity contribution in [2.75, 3.05) is 5.32 Å². The van der Waals surface area contributed by atoms with E-state index in [0.29, 0.717) is 5.02 Å². The number of nitrogens with one attached hydrogen (secondary N) is 2. The topological polar surface area (TPSA) is 90.3 Å². The second-order valence-corrected chi connectivity index (χ2v) is 4.77. The number of benzene rings is 1. The van der Waals surface area contributed by atoms with E-state index in [1.165, 1.54) is 6.20 Å². The van der Waals surface area contributed by atoms with E-state index < -0.39 is 0 Å². The van der Waals surface area contributed by atoms with Crippen molar-refractivity contribution in [3.63, 3.8) is 0 Å². The number of hydrogen-bond acceptors (Lipinski definition) is 5. The summed E-state index contributed by atoms with van der Waals surface area (Å²) in [6, 6.07) is 7.40. The average Bonchev–Trinajstić information content (AvgIpc) is 2.86. The van der Waals surface area contributed by atoms with Gasteiger partial charge in [0.15, 0.2) is 0 Å². The van der Waals surface area contributed by atoms with Crippen LogP contribution in [0.1, 0.15) is 5.82 Å². The van der Waals surface area contributed by atoms with Crippen LogP contribution in [-0.2, 0) is 0 Å². The molecule has 2 aromatic rings. The molecule has 0 bridgehead atoms. The third-order valence-corrected chi connectivity index (χ3v) is 3.14. The maximum Gasteiger partial charge on any atom is 0.216 e. The van der Waals surface area contributed by atoms with Crippen molar-refractivity contribution in [3.8, 4) is 6.07 Å². The van der Waals surface area contributed by atoms with Crippen molar-refractivity contribution in [1.82, 2.24) is 20.6 Å². The molecule has 8 heteroatoms. The number of allylic oxidation sites excluding steroid dienone is 1. The van der Waals surface area contributed by atoms with Crippen LogP contribution in [0.25, 0.3) is 5.57 Å². The first-order chi connectivity index (χ1) is 8.70. The van der Waals surface area contributed by atoms with Gasteiger partial charge in [-0.3, -0.25) is 0 Å². The second kappa shape index (κ2) is 5.79. The average molecular weight is 373 g/mol. The standard InChI is InChI=1S/C10H6ClIN6/c11-7-1-2-9(8(12)3-7)14-5-6(4-13)10-15-17-18-16-10/h1-3,5,14H,(H,15,16,17,18). The number of hydrogen-bond donors (Lipinski definition) is 2. The van der Waals surface area contributed by atoms with E-state index in [-0.39, 0.29) is 11.4 Å². The van der Waals surface area contributed by atoms with Gasteiger partial charge in [-0.25, -0.2) is 0 Å². The molecule has 0 amide bonds. The molecule has 0 aliphatic heterocycles. The third kappa shape index (κ3) is 2.96. The molecule has 1 heterocycles. The van der Waals surface area contributed by atoms with Gasteiger partial charge < -0.3 is 5.32 Å². The minimum atomic E-state index is 0.244. The Morgan fingerprint density at radius 1 is 1.56 bits per heavy atom. The summed E-state index contributed by atoms with van der Waals surface area (Å²) in [7, 11) is 0. The summed E-state index contributed by atoms with van der Waals surface area (Å²) < 4.78 is 0.946. The fourth-order valence-corrected chi connectivity index (χ4v) is 2.21. The van der Waals surface area contributed by atoms with Crippen molar-refractivity contribution in [2.45, 2.75) is 0 Å². The summed E-state index contributed by atoms with van der Waals surface area (Å²) in [5, 5.41) is 25.8. The normalized spacial score (nSPS) is 11.1. The van der Waals surface area contributed by atoms with E-state index >= 15 is 0 Å². The van der Waals surface area contributed by atoms with Crippen LogP contribution < -0.4 is 5.32 Å². The van der Waals surface area contributed by atoms with Crippen molar-refractivity contribution in [3.05, 3.63) is 38.8 Å². The van der Waals surface area contributed by atoms with Gasteiger partial charge in [0, 0.05) is 14.8 Å². The third-order valence-electron chi connectivity index (χ3n) is 2.01. The van der Waals surface area contributed by atoms with Gasteiger partial charge in [-0.1, -0.05) is 11.6 Å². The van der Waals surface area contributed by atoms with Gasteiger partial charge in [0.05, 0.1) is 5.69 Å². The molecular formula is C10H6ClIN6. The zero-order valence-corrected chi connectivity index (χ0v) is 11.8. The van der Waals surface area contributed by atoms with Gasteiger partial charge >= 0.3 is 0 Å². The minimum Gasteiger partial charge on any atom is -0.359 e. The fourth-order valence-electron chi connectivity index (χ4n) is 1.18. The van der Waals surface area contributed by atoms with Crippen LogP contribution in [0.15, 0.2) is 24.4 Å². The molecule has 1 aromatic heterocycles. The molecular weight excluding hydrogens is 367 g/mol. The van der Waals surface area contributed by atoms with Crippen LogP contribution in [0.5, 0.6) is 0 Å². The number of rotatable bonds is 3. The molecule has 0 saturated heterocycles. The van der Waals surface area contributed by atoms with Gasteiger partial charge in [0.25, 0.3) is 0 Å². The molecule has 0 unspecified atom stereocenters. The highest BCUT2D eigenvalue weighted by Crippen LogP contribution is 2.22. The Labute approximate surface area is 121 Å². The lowest BCUT2D eigenvalue weighted by atomic mass is 10.3. The second-order valence-electron chi connectivity index (χ2n) is 3.17. The van der Waals surface area contributed by atoms with Crippen LogP contribution in [0.3, 0.4) is 0 Å². The monoisotopic (exact) mass is 372 g/mol. The van der Waals surface area contributed by atoms with Gasteiger partial charge in [0.2, 0.25) is 5.82 Å². The molecule has 2 rings (SSSR count).